The first-order valence-corrected chi connectivity index (χ1v) is 14.5. The van der Waals surface area contributed by atoms with E-state index in [-0.39, 0.29) is 0 Å². The molecule has 9 heteroatoms. The van der Waals surface area contributed by atoms with E-state index in [1.807, 2.05) is 23.6 Å². The monoisotopic (exact) mass is 570 g/mol. The second-order valence-electron chi connectivity index (χ2n) is 8.29. The van der Waals surface area contributed by atoms with E-state index in [0.717, 1.165) is 30.9 Å². The summed E-state index contributed by atoms with van der Waals surface area (Å²) in [4.78, 5) is 13.7. The molecule has 0 spiro atoms. The topological polar surface area (TPSA) is 65.1 Å². The summed E-state index contributed by atoms with van der Waals surface area (Å²) in [6.45, 7) is 17.6. The second kappa shape index (κ2) is 21.0. The predicted molar refractivity (Wildman–Crippen MR) is 172 cm³/mol. The molecule has 212 valence electrons. The zero-order chi connectivity index (χ0) is 28.9. The van der Waals surface area contributed by atoms with Gasteiger partial charge in [-0.3, -0.25) is 9.11 Å². The van der Waals surface area contributed by atoms with Crippen LogP contribution in [0.4, 0.5) is 21.8 Å². The number of alkyl halides is 1. The smallest absolute Gasteiger partial charge is 0.229 e. The summed E-state index contributed by atoms with van der Waals surface area (Å²) in [5, 5.41) is 8.28. The normalized spacial score (nSPS) is 14.2. The number of anilines is 3. The number of rotatable bonds is 12. The molecule has 0 bridgehead atoms. The van der Waals surface area contributed by atoms with Crippen LogP contribution < -0.4 is 15.4 Å². The number of aromatic nitrogens is 2. The highest BCUT2D eigenvalue weighted by Crippen LogP contribution is 2.22. The summed E-state index contributed by atoms with van der Waals surface area (Å²) < 4.78 is 13.1. The van der Waals surface area contributed by atoms with E-state index in [2.05, 4.69) is 89.1 Å². The van der Waals surface area contributed by atoms with Crippen LogP contribution in [-0.4, -0.2) is 48.2 Å². The van der Waals surface area contributed by atoms with Crippen molar-refractivity contribution in [2.24, 2.45) is 0 Å². The van der Waals surface area contributed by atoms with Gasteiger partial charge >= 0.3 is 0 Å². The van der Waals surface area contributed by atoms with Gasteiger partial charge in [0.15, 0.2) is 0 Å². The van der Waals surface area contributed by atoms with Crippen LogP contribution in [0.3, 0.4) is 0 Å². The molecule has 3 N–H and O–H groups in total. The van der Waals surface area contributed by atoms with Crippen molar-refractivity contribution in [1.82, 2.24) is 19.6 Å². The number of thioether (sulfide) groups is 1. The lowest BCUT2D eigenvalue weighted by Crippen LogP contribution is -2.38. The van der Waals surface area contributed by atoms with Crippen molar-refractivity contribution in [2.45, 2.75) is 44.0 Å². The van der Waals surface area contributed by atoms with Crippen LogP contribution in [-0.2, 0) is 0 Å². The van der Waals surface area contributed by atoms with Crippen molar-refractivity contribution >= 4 is 41.2 Å². The molecular formula is C30H43FN6S2. The molecule has 0 radical (unpaired) electrons. The predicted octanol–water partition coefficient (Wildman–Crippen LogP) is 8.34. The van der Waals surface area contributed by atoms with Crippen LogP contribution in [0.2, 0.25) is 0 Å². The minimum absolute atomic E-state index is 0.500. The Kier molecular flexibility index (Phi) is 18.4. The Balaban J connectivity index is 0.000000654. The van der Waals surface area contributed by atoms with E-state index in [0.29, 0.717) is 25.0 Å². The molecule has 0 saturated carbocycles. The summed E-state index contributed by atoms with van der Waals surface area (Å²) in [7, 11) is 2.68. The van der Waals surface area contributed by atoms with Crippen molar-refractivity contribution < 1.29 is 4.39 Å². The zero-order valence-corrected chi connectivity index (χ0v) is 25.3. The van der Waals surface area contributed by atoms with Gasteiger partial charge in [0.1, 0.15) is 5.82 Å². The fourth-order valence-corrected chi connectivity index (χ4v) is 4.73. The van der Waals surface area contributed by atoms with E-state index in [4.69, 9.17) is 0 Å². The molecule has 1 aromatic carbocycles. The lowest BCUT2D eigenvalue weighted by atomic mass is 10.1. The summed E-state index contributed by atoms with van der Waals surface area (Å²) in [5.74, 6) is 1.21. The van der Waals surface area contributed by atoms with Gasteiger partial charge in [-0.05, 0) is 111 Å². The Hall–Kier alpha value is -2.85. The number of likely N-dealkylation sites (tertiary alicyclic amines) is 1. The number of hydrogen-bond acceptors (Lipinski definition) is 8. The summed E-state index contributed by atoms with van der Waals surface area (Å²) in [5.41, 5.74) is 1.76. The van der Waals surface area contributed by atoms with E-state index in [1.165, 1.54) is 22.6 Å². The maximum atomic E-state index is 9.50. The highest BCUT2D eigenvalue weighted by atomic mass is 32.2. The zero-order valence-electron chi connectivity index (χ0n) is 23.6. The Morgan fingerprint density at radius 1 is 1.13 bits per heavy atom. The van der Waals surface area contributed by atoms with Crippen LogP contribution in [0.1, 0.15) is 33.1 Å². The van der Waals surface area contributed by atoms with Crippen LogP contribution in [0.15, 0.2) is 101 Å². The van der Waals surface area contributed by atoms with Gasteiger partial charge < -0.3 is 15.5 Å². The molecule has 0 unspecified atom stereocenters. The molecule has 0 amide bonds. The third-order valence-electron chi connectivity index (χ3n) is 5.52. The fraction of sp³-hybridized carbons (Fsp3) is 0.333. The van der Waals surface area contributed by atoms with Crippen LogP contribution in [0.5, 0.6) is 0 Å². The largest absolute Gasteiger partial charge is 0.340 e. The van der Waals surface area contributed by atoms with Crippen LogP contribution in [0.25, 0.3) is 0 Å². The Labute approximate surface area is 243 Å². The van der Waals surface area contributed by atoms with E-state index in [9.17, 15) is 4.39 Å². The van der Waals surface area contributed by atoms with E-state index in [1.54, 1.807) is 48.1 Å². The van der Waals surface area contributed by atoms with Gasteiger partial charge in [0.25, 0.3) is 0 Å². The van der Waals surface area contributed by atoms with Gasteiger partial charge in [0, 0.05) is 28.5 Å². The minimum atomic E-state index is 0.500. The van der Waals surface area contributed by atoms with Crippen molar-refractivity contribution in [3.05, 3.63) is 96.6 Å². The van der Waals surface area contributed by atoms with Crippen molar-refractivity contribution in [2.75, 3.05) is 37.9 Å². The Morgan fingerprint density at radius 3 is 2.36 bits per heavy atom. The molecule has 1 saturated heterocycles. The van der Waals surface area contributed by atoms with Crippen molar-refractivity contribution in [3.8, 4) is 0 Å². The second-order valence-corrected chi connectivity index (χ2v) is 10.3. The average molecular weight is 571 g/mol. The molecular weight excluding hydrogens is 528 g/mol. The highest BCUT2D eigenvalue weighted by molar-refractivity contribution is 8.05. The molecule has 2 aromatic rings. The van der Waals surface area contributed by atoms with Gasteiger partial charge in [0.2, 0.25) is 5.95 Å². The lowest BCUT2D eigenvalue weighted by molar-refractivity contribution is 0.250. The standard InChI is InChI=1S/C22H28N6S.C7H12S.CH3F/c1-4-6-17(5-2)24-21-11-14-23-22(26-21)25-18-7-9-20(10-8-18)29-27-19-12-15-28(3)16-13-19;1-4-7(5-2)8-6-3;1-2/h4-11,14,19,27H,1-2,12-13,15-16H2,3H3,(H2,23,24,25,26);4,6H,3,5H2,1-2H3;1H3/b17-6+;7-4-;. The molecule has 1 aliphatic heterocycles. The van der Waals surface area contributed by atoms with Crippen molar-refractivity contribution in [1.29, 1.82) is 0 Å². The number of halogens is 1. The number of benzene rings is 1. The highest BCUT2D eigenvalue weighted by Gasteiger charge is 2.16. The summed E-state index contributed by atoms with van der Waals surface area (Å²) in [6, 6.07) is 10.6. The molecule has 0 atom stereocenters. The Morgan fingerprint density at radius 2 is 1.82 bits per heavy atom. The molecule has 1 aromatic heterocycles. The summed E-state index contributed by atoms with van der Waals surface area (Å²) in [6.07, 6.45) is 12.6. The molecule has 6 nitrogen and oxygen atoms in total. The molecule has 1 aliphatic rings. The number of nitrogens with one attached hydrogen (secondary N) is 3. The van der Waals surface area contributed by atoms with Gasteiger partial charge in [-0.1, -0.05) is 38.8 Å². The first kappa shape index (κ1) is 34.2. The van der Waals surface area contributed by atoms with E-state index >= 15 is 0 Å². The number of nitrogens with zero attached hydrogens (tertiary/aromatic N) is 3. The lowest BCUT2D eigenvalue weighted by Gasteiger charge is -2.29. The van der Waals surface area contributed by atoms with E-state index < -0.39 is 0 Å². The van der Waals surface area contributed by atoms with Gasteiger partial charge in [0.05, 0.1) is 7.18 Å². The number of hydrogen-bond donors (Lipinski definition) is 3. The first-order valence-electron chi connectivity index (χ1n) is 12.8. The van der Waals surface area contributed by atoms with Crippen molar-refractivity contribution in [3.63, 3.8) is 0 Å². The van der Waals surface area contributed by atoms with Crippen LogP contribution >= 0.6 is 23.7 Å². The molecule has 1 fully saturated rings. The number of piperidine rings is 1. The van der Waals surface area contributed by atoms with Crippen LogP contribution in [0, 0.1) is 0 Å². The fourth-order valence-electron chi connectivity index (χ4n) is 3.40. The third kappa shape index (κ3) is 14.2. The molecule has 39 heavy (non-hydrogen) atoms. The van der Waals surface area contributed by atoms with Gasteiger partial charge in [-0.25, -0.2) is 4.98 Å². The number of allylic oxidation sites excluding steroid dienone is 5. The maximum absolute atomic E-state index is 9.50. The molecule has 0 aliphatic carbocycles. The van der Waals surface area contributed by atoms with Gasteiger partial charge in [-0.15, -0.1) is 11.8 Å². The SMILES string of the molecule is C=C/C=C(\C=C)Nc1ccnc(Nc2ccc(SNC3CCN(C)CC3)cc2)n1.C=CS/C(=C\C)CC.CF. The molecule has 3 rings (SSSR count). The third-order valence-corrected chi connectivity index (χ3v) is 7.48. The minimum Gasteiger partial charge on any atom is -0.340 e. The molecule has 2 heterocycles. The quantitative estimate of drug-likeness (QED) is 0.174. The average Bonchev–Trinajstić information content (AvgIpc) is 2.97. The maximum Gasteiger partial charge on any atom is 0.229 e. The Bertz CT molecular complexity index is 1050. The summed E-state index contributed by atoms with van der Waals surface area (Å²) >= 11 is 3.40. The van der Waals surface area contributed by atoms with Gasteiger partial charge in [-0.2, -0.15) is 4.98 Å². The first-order chi connectivity index (χ1) is 19.0.